The zero-order valence-electron chi connectivity index (χ0n) is 9.44. The summed E-state index contributed by atoms with van der Waals surface area (Å²) in [7, 11) is 4.11. The van der Waals surface area contributed by atoms with Crippen molar-refractivity contribution < 1.29 is 0 Å². The molecule has 0 aromatic heterocycles. The minimum Gasteiger partial charge on any atom is -0.378 e. The van der Waals surface area contributed by atoms with Crippen LogP contribution in [-0.4, -0.2) is 14.1 Å². The molecule has 16 heavy (non-hydrogen) atoms. The van der Waals surface area contributed by atoms with Crippen molar-refractivity contribution in [2.45, 2.75) is 0 Å². The van der Waals surface area contributed by atoms with Gasteiger partial charge in [0.15, 0.2) is 0 Å². The minimum absolute atomic E-state index is 1.23. The van der Waals surface area contributed by atoms with Crippen LogP contribution in [0.5, 0.6) is 0 Å². The van der Waals surface area contributed by atoms with Crippen LogP contribution < -0.4 is 4.90 Å². The molecule has 0 amide bonds. The van der Waals surface area contributed by atoms with Crippen molar-refractivity contribution in [2.75, 3.05) is 19.0 Å². The highest BCUT2D eigenvalue weighted by Crippen LogP contribution is 2.23. The first-order valence-electron chi connectivity index (χ1n) is 5.20. The molecule has 0 aliphatic heterocycles. The maximum absolute atomic E-state index is 2.32. The molecule has 2 rings (SSSR count). The molecule has 2 aromatic rings. The summed E-state index contributed by atoms with van der Waals surface area (Å²) < 4.78 is 1.27. The van der Waals surface area contributed by atoms with Gasteiger partial charge in [-0.3, -0.25) is 0 Å². The van der Waals surface area contributed by atoms with Gasteiger partial charge in [-0.1, -0.05) is 24.3 Å². The van der Waals surface area contributed by atoms with Crippen LogP contribution in [-0.2, 0) is 0 Å². The lowest BCUT2D eigenvalue weighted by atomic mass is 10.1. The van der Waals surface area contributed by atoms with E-state index in [9.17, 15) is 0 Å². The minimum atomic E-state index is 1.23. The summed E-state index contributed by atoms with van der Waals surface area (Å²) in [6.07, 6.45) is 0. The number of benzene rings is 2. The second-order valence-corrected chi connectivity index (χ2v) is 5.19. The Hall–Kier alpha value is -1.03. The Morgan fingerprint density at radius 3 is 1.62 bits per heavy atom. The fourth-order valence-corrected chi connectivity index (χ4v) is 1.95. The molecule has 82 valence electrons. The van der Waals surface area contributed by atoms with Gasteiger partial charge in [0, 0.05) is 23.4 Å². The third kappa shape index (κ3) is 2.55. The molecule has 0 saturated carbocycles. The Labute approximate surface area is 110 Å². The highest BCUT2D eigenvalue weighted by Gasteiger charge is 1.98. The molecule has 2 heteroatoms. The molecule has 0 aliphatic rings. The van der Waals surface area contributed by atoms with Crippen LogP contribution in [0.1, 0.15) is 0 Å². The molecular weight excluding hydrogens is 309 g/mol. The van der Waals surface area contributed by atoms with Crippen molar-refractivity contribution in [3.8, 4) is 11.1 Å². The van der Waals surface area contributed by atoms with E-state index in [0.717, 1.165) is 0 Å². The van der Waals surface area contributed by atoms with Gasteiger partial charge in [-0.05, 0) is 58.0 Å². The van der Waals surface area contributed by atoms with Gasteiger partial charge in [-0.15, -0.1) is 0 Å². The van der Waals surface area contributed by atoms with Gasteiger partial charge in [0.1, 0.15) is 0 Å². The van der Waals surface area contributed by atoms with Crippen molar-refractivity contribution >= 4 is 28.3 Å². The molecule has 0 radical (unpaired) electrons. The van der Waals surface area contributed by atoms with Crippen LogP contribution in [0, 0.1) is 3.57 Å². The third-order valence-electron chi connectivity index (χ3n) is 2.56. The first-order valence-corrected chi connectivity index (χ1v) is 6.28. The Kier molecular flexibility index (Phi) is 3.49. The second-order valence-electron chi connectivity index (χ2n) is 3.95. The molecule has 0 N–H and O–H groups in total. The summed E-state index contributed by atoms with van der Waals surface area (Å²) >= 11 is 2.32. The standard InChI is InChI=1S/C14H14IN/c1-16(2)14-9-5-12(6-10-14)11-3-7-13(15)8-4-11/h3-10H,1-2H3. The molecular formula is C14H14IN. The molecule has 0 atom stereocenters. The van der Waals surface area contributed by atoms with Crippen LogP contribution in [0.25, 0.3) is 11.1 Å². The van der Waals surface area contributed by atoms with Gasteiger partial charge in [0.05, 0.1) is 0 Å². The summed E-state index contributed by atoms with van der Waals surface area (Å²) in [5.41, 5.74) is 3.77. The Morgan fingerprint density at radius 2 is 1.19 bits per heavy atom. The average Bonchev–Trinajstić information content (AvgIpc) is 2.30. The molecule has 0 heterocycles. The SMILES string of the molecule is CN(C)c1ccc(-c2ccc(I)cc2)cc1. The van der Waals surface area contributed by atoms with E-state index >= 15 is 0 Å². The van der Waals surface area contributed by atoms with E-state index in [0.29, 0.717) is 0 Å². The molecule has 0 fully saturated rings. The molecule has 2 aromatic carbocycles. The summed E-state index contributed by atoms with van der Waals surface area (Å²) in [5.74, 6) is 0. The van der Waals surface area contributed by atoms with Crippen molar-refractivity contribution in [1.29, 1.82) is 0 Å². The first-order chi connectivity index (χ1) is 7.66. The summed E-state index contributed by atoms with van der Waals surface area (Å²) in [4.78, 5) is 2.11. The molecule has 1 nitrogen and oxygen atoms in total. The van der Waals surface area contributed by atoms with E-state index in [1.807, 2.05) is 0 Å². The maximum Gasteiger partial charge on any atom is 0.0361 e. The van der Waals surface area contributed by atoms with Crippen LogP contribution in [0.4, 0.5) is 5.69 Å². The topological polar surface area (TPSA) is 3.24 Å². The smallest absolute Gasteiger partial charge is 0.0361 e. The predicted octanol–water partition coefficient (Wildman–Crippen LogP) is 4.02. The van der Waals surface area contributed by atoms with E-state index in [2.05, 4.69) is 90.1 Å². The number of halogens is 1. The van der Waals surface area contributed by atoms with Crippen LogP contribution in [0.15, 0.2) is 48.5 Å². The summed E-state index contributed by atoms with van der Waals surface area (Å²) in [6, 6.07) is 17.2. The number of anilines is 1. The summed E-state index contributed by atoms with van der Waals surface area (Å²) in [5, 5.41) is 0. The molecule has 0 spiro atoms. The number of hydrogen-bond acceptors (Lipinski definition) is 1. The van der Waals surface area contributed by atoms with E-state index < -0.39 is 0 Å². The molecule has 0 unspecified atom stereocenters. The second kappa shape index (κ2) is 4.87. The molecule has 0 aliphatic carbocycles. The van der Waals surface area contributed by atoms with E-state index in [4.69, 9.17) is 0 Å². The van der Waals surface area contributed by atoms with Gasteiger partial charge < -0.3 is 4.90 Å². The zero-order chi connectivity index (χ0) is 11.5. The fraction of sp³-hybridized carbons (Fsp3) is 0.143. The third-order valence-corrected chi connectivity index (χ3v) is 3.28. The largest absolute Gasteiger partial charge is 0.378 e. The lowest BCUT2D eigenvalue weighted by molar-refractivity contribution is 1.13. The van der Waals surface area contributed by atoms with E-state index in [-0.39, 0.29) is 0 Å². The van der Waals surface area contributed by atoms with Gasteiger partial charge in [-0.25, -0.2) is 0 Å². The van der Waals surface area contributed by atoms with E-state index in [1.54, 1.807) is 0 Å². The predicted molar refractivity (Wildman–Crippen MR) is 78.9 cm³/mol. The van der Waals surface area contributed by atoms with Crippen molar-refractivity contribution in [1.82, 2.24) is 0 Å². The summed E-state index contributed by atoms with van der Waals surface area (Å²) in [6.45, 7) is 0. The van der Waals surface area contributed by atoms with Crippen molar-refractivity contribution in [3.63, 3.8) is 0 Å². The van der Waals surface area contributed by atoms with Crippen LogP contribution >= 0.6 is 22.6 Å². The highest BCUT2D eigenvalue weighted by molar-refractivity contribution is 14.1. The lowest BCUT2D eigenvalue weighted by Crippen LogP contribution is -2.07. The number of nitrogens with zero attached hydrogens (tertiary/aromatic N) is 1. The monoisotopic (exact) mass is 323 g/mol. The van der Waals surface area contributed by atoms with E-state index in [1.165, 1.54) is 20.4 Å². The number of rotatable bonds is 2. The zero-order valence-corrected chi connectivity index (χ0v) is 11.6. The van der Waals surface area contributed by atoms with Gasteiger partial charge in [-0.2, -0.15) is 0 Å². The first kappa shape index (κ1) is 11.5. The molecule has 0 saturated heterocycles. The maximum atomic E-state index is 2.32. The Morgan fingerprint density at radius 1 is 0.750 bits per heavy atom. The quantitative estimate of drug-likeness (QED) is 0.755. The van der Waals surface area contributed by atoms with Crippen molar-refractivity contribution in [3.05, 3.63) is 52.1 Å². The Bertz CT molecular complexity index is 457. The lowest BCUT2D eigenvalue weighted by Gasteiger charge is -2.12. The van der Waals surface area contributed by atoms with Crippen LogP contribution in [0.2, 0.25) is 0 Å². The van der Waals surface area contributed by atoms with Gasteiger partial charge in [0.2, 0.25) is 0 Å². The normalized spacial score (nSPS) is 10.2. The van der Waals surface area contributed by atoms with Gasteiger partial charge >= 0.3 is 0 Å². The van der Waals surface area contributed by atoms with Crippen molar-refractivity contribution in [2.24, 2.45) is 0 Å². The van der Waals surface area contributed by atoms with Gasteiger partial charge in [0.25, 0.3) is 0 Å². The average molecular weight is 323 g/mol. The fourth-order valence-electron chi connectivity index (χ4n) is 1.59. The molecule has 0 bridgehead atoms. The van der Waals surface area contributed by atoms with Crippen LogP contribution in [0.3, 0.4) is 0 Å². The Balaban J connectivity index is 2.31. The highest BCUT2D eigenvalue weighted by atomic mass is 127. The number of hydrogen-bond donors (Lipinski definition) is 0.